The highest BCUT2D eigenvalue weighted by molar-refractivity contribution is 5.83. The Bertz CT molecular complexity index is 803. The molecule has 0 aromatic heterocycles. The van der Waals surface area contributed by atoms with Gasteiger partial charge in [0.2, 0.25) is 0 Å². The van der Waals surface area contributed by atoms with Crippen molar-refractivity contribution in [1.29, 1.82) is 0 Å². The number of esters is 1. The summed E-state index contributed by atoms with van der Waals surface area (Å²) in [4.78, 5) is 36.2. The minimum absolute atomic E-state index is 0.0364. The molecule has 0 saturated carbocycles. The van der Waals surface area contributed by atoms with Crippen LogP contribution in [0.3, 0.4) is 0 Å². The van der Waals surface area contributed by atoms with Crippen molar-refractivity contribution < 1.29 is 33.3 Å². The lowest BCUT2D eigenvalue weighted by molar-refractivity contribution is -0.313. The molecule has 1 spiro atoms. The van der Waals surface area contributed by atoms with E-state index < -0.39 is 23.8 Å². The summed E-state index contributed by atoms with van der Waals surface area (Å²) < 4.78 is 23.5. The van der Waals surface area contributed by atoms with Crippen molar-refractivity contribution in [3.8, 4) is 0 Å². The lowest BCUT2D eigenvalue weighted by atomic mass is 9.92. The van der Waals surface area contributed by atoms with Crippen molar-refractivity contribution in [2.75, 3.05) is 19.8 Å². The third-order valence-electron chi connectivity index (χ3n) is 5.63. The van der Waals surface area contributed by atoms with Crippen molar-refractivity contribution in [2.45, 2.75) is 76.6 Å². The molecule has 1 aromatic rings. The van der Waals surface area contributed by atoms with E-state index in [-0.39, 0.29) is 31.0 Å². The average Bonchev–Trinajstić information content (AvgIpc) is 2.78. The monoisotopic (exact) mass is 462 g/mol. The second kappa shape index (κ2) is 12.1. The zero-order chi connectivity index (χ0) is 23.7. The number of rotatable bonds is 9. The summed E-state index contributed by atoms with van der Waals surface area (Å²) in [7, 11) is 0. The van der Waals surface area contributed by atoms with Gasteiger partial charge in [-0.1, -0.05) is 30.3 Å². The Morgan fingerprint density at radius 1 is 1.18 bits per heavy atom. The van der Waals surface area contributed by atoms with Gasteiger partial charge in [0.05, 0.1) is 31.8 Å². The van der Waals surface area contributed by atoms with Gasteiger partial charge in [-0.25, -0.2) is 9.59 Å². The smallest absolute Gasteiger partial charge is 0.328 e. The third-order valence-corrected chi connectivity index (χ3v) is 5.63. The van der Waals surface area contributed by atoms with Crippen molar-refractivity contribution >= 4 is 17.8 Å². The number of urea groups is 1. The Balaban J connectivity index is 1.47. The number of benzene rings is 1. The molecule has 2 aliphatic heterocycles. The van der Waals surface area contributed by atoms with Crippen LogP contribution in [0.5, 0.6) is 0 Å². The largest absolute Gasteiger partial charge is 0.461 e. The molecule has 2 saturated heterocycles. The number of Topliss-reactive ketones (excluding diaryl/α,β-unsaturated/α-hetero) is 1. The van der Waals surface area contributed by atoms with Crippen molar-refractivity contribution in [2.24, 2.45) is 0 Å². The molecule has 9 nitrogen and oxygen atoms in total. The first kappa shape index (κ1) is 25.1. The fourth-order valence-electron chi connectivity index (χ4n) is 4.11. The SMILES string of the molecule is CCNC(=O)N[C@@H](C)C(=O)OC[C@@H]1CCC[C@]2(CC(=O)C[C@@H](COCc3ccccc3)O2)O1. The van der Waals surface area contributed by atoms with Crippen LogP contribution in [0.2, 0.25) is 0 Å². The van der Waals surface area contributed by atoms with E-state index in [9.17, 15) is 14.4 Å². The molecule has 2 N–H and O–H groups in total. The lowest BCUT2D eigenvalue weighted by Gasteiger charge is -2.45. The van der Waals surface area contributed by atoms with Gasteiger partial charge in [-0.05, 0) is 32.3 Å². The van der Waals surface area contributed by atoms with E-state index in [4.69, 9.17) is 18.9 Å². The highest BCUT2D eigenvalue weighted by Crippen LogP contribution is 2.38. The Hall–Kier alpha value is -2.49. The van der Waals surface area contributed by atoms with Crippen LogP contribution in [-0.4, -0.2) is 61.6 Å². The van der Waals surface area contributed by atoms with Gasteiger partial charge in [0.15, 0.2) is 5.79 Å². The predicted molar refractivity (Wildman–Crippen MR) is 119 cm³/mol. The van der Waals surface area contributed by atoms with Crippen LogP contribution < -0.4 is 10.6 Å². The van der Waals surface area contributed by atoms with Gasteiger partial charge in [-0.15, -0.1) is 0 Å². The summed E-state index contributed by atoms with van der Waals surface area (Å²) in [6.45, 7) is 4.59. The van der Waals surface area contributed by atoms with E-state index in [1.807, 2.05) is 30.3 Å². The Kier molecular flexibility index (Phi) is 9.22. The van der Waals surface area contributed by atoms with Gasteiger partial charge in [-0.3, -0.25) is 4.79 Å². The van der Waals surface area contributed by atoms with Gasteiger partial charge in [0, 0.05) is 19.4 Å². The van der Waals surface area contributed by atoms with Crippen LogP contribution in [0, 0.1) is 0 Å². The number of amides is 2. The molecule has 2 aliphatic rings. The normalized spacial score (nSPS) is 25.9. The summed E-state index contributed by atoms with van der Waals surface area (Å²) >= 11 is 0. The summed E-state index contributed by atoms with van der Waals surface area (Å²) in [5, 5.41) is 5.09. The molecule has 4 atom stereocenters. The molecule has 9 heteroatoms. The van der Waals surface area contributed by atoms with E-state index >= 15 is 0 Å². The minimum atomic E-state index is -1.00. The topological polar surface area (TPSA) is 112 Å². The second-order valence-corrected chi connectivity index (χ2v) is 8.56. The molecule has 0 unspecified atom stereocenters. The van der Waals surface area contributed by atoms with E-state index in [0.29, 0.717) is 39.0 Å². The number of carbonyl (C=O) groups excluding carboxylic acids is 3. The number of hydrogen-bond donors (Lipinski definition) is 2. The molecular formula is C24H34N2O7. The summed E-state index contributed by atoms with van der Waals surface area (Å²) in [6.07, 6.45) is 1.81. The molecule has 2 heterocycles. The molecule has 2 fully saturated rings. The van der Waals surface area contributed by atoms with Gasteiger partial charge in [-0.2, -0.15) is 0 Å². The number of carbonyl (C=O) groups is 3. The first-order chi connectivity index (χ1) is 15.9. The van der Waals surface area contributed by atoms with E-state index in [1.54, 1.807) is 13.8 Å². The van der Waals surface area contributed by atoms with Crippen molar-refractivity contribution in [3.05, 3.63) is 35.9 Å². The predicted octanol–water partition coefficient (Wildman–Crippen LogP) is 2.47. The molecule has 1 aromatic carbocycles. The molecule has 0 bridgehead atoms. The van der Waals surface area contributed by atoms with Gasteiger partial charge < -0.3 is 29.6 Å². The number of ketones is 1. The highest BCUT2D eigenvalue weighted by Gasteiger charge is 2.46. The van der Waals surface area contributed by atoms with E-state index in [1.165, 1.54) is 0 Å². The molecular weight excluding hydrogens is 428 g/mol. The maximum absolute atomic E-state index is 12.5. The highest BCUT2D eigenvalue weighted by atomic mass is 16.7. The molecule has 33 heavy (non-hydrogen) atoms. The average molecular weight is 463 g/mol. The third kappa shape index (κ3) is 7.80. The molecule has 2 amide bonds. The Morgan fingerprint density at radius 3 is 2.70 bits per heavy atom. The first-order valence-electron chi connectivity index (χ1n) is 11.6. The lowest BCUT2D eigenvalue weighted by Crippen LogP contribution is -2.52. The van der Waals surface area contributed by atoms with Gasteiger partial charge in [0.25, 0.3) is 0 Å². The van der Waals surface area contributed by atoms with Gasteiger partial charge in [0.1, 0.15) is 18.4 Å². The van der Waals surface area contributed by atoms with Crippen LogP contribution >= 0.6 is 0 Å². The summed E-state index contributed by atoms with van der Waals surface area (Å²) in [6, 6.07) is 8.61. The maximum atomic E-state index is 12.5. The van der Waals surface area contributed by atoms with Crippen LogP contribution in [0.4, 0.5) is 4.79 Å². The van der Waals surface area contributed by atoms with E-state index in [2.05, 4.69) is 10.6 Å². The second-order valence-electron chi connectivity index (χ2n) is 8.56. The van der Waals surface area contributed by atoms with E-state index in [0.717, 1.165) is 12.0 Å². The number of hydrogen-bond acceptors (Lipinski definition) is 7. The summed E-state index contributed by atoms with van der Waals surface area (Å²) in [5.74, 6) is -1.47. The van der Waals surface area contributed by atoms with Gasteiger partial charge >= 0.3 is 12.0 Å². The van der Waals surface area contributed by atoms with Crippen LogP contribution in [0.15, 0.2) is 30.3 Å². The summed E-state index contributed by atoms with van der Waals surface area (Å²) in [5.41, 5.74) is 1.06. The molecule has 3 rings (SSSR count). The minimum Gasteiger partial charge on any atom is -0.461 e. The van der Waals surface area contributed by atoms with Crippen LogP contribution in [-0.2, 0) is 35.1 Å². The maximum Gasteiger partial charge on any atom is 0.328 e. The van der Waals surface area contributed by atoms with Crippen LogP contribution in [0.1, 0.15) is 51.5 Å². The van der Waals surface area contributed by atoms with Crippen molar-refractivity contribution in [3.63, 3.8) is 0 Å². The quantitative estimate of drug-likeness (QED) is 0.542. The molecule has 0 aliphatic carbocycles. The molecule has 182 valence electrons. The van der Waals surface area contributed by atoms with Crippen molar-refractivity contribution in [1.82, 2.24) is 10.6 Å². The van der Waals surface area contributed by atoms with Crippen LogP contribution in [0.25, 0.3) is 0 Å². The number of nitrogens with one attached hydrogen (secondary N) is 2. The zero-order valence-electron chi connectivity index (χ0n) is 19.3. The standard InChI is InChI=1S/C24H34N2O7/c1-3-25-23(29)26-17(2)22(28)31-16-20-10-7-11-24(32-20)13-19(27)12-21(33-24)15-30-14-18-8-5-4-6-9-18/h4-6,8-9,17,20-21H,3,7,10-16H2,1-2H3,(H2,25,26,29)/t17-,20-,21-,24-/m0/s1. The Labute approximate surface area is 194 Å². The Morgan fingerprint density at radius 2 is 1.94 bits per heavy atom. The zero-order valence-corrected chi connectivity index (χ0v) is 19.3. The first-order valence-corrected chi connectivity index (χ1v) is 11.6. The number of ether oxygens (including phenoxy) is 4. The fourth-order valence-corrected chi connectivity index (χ4v) is 4.11. The fraction of sp³-hybridized carbons (Fsp3) is 0.625. The molecule has 0 radical (unpaired) electrons.